The SMILES string of the molecule is C/C=C\N=C(C)C.C=C(/C=C\C(CC)=C(C)C)C(=O)N1CCC2(CC1)CC2CNC(=O)c1cc2c(o1)=CNC#CC=2.CC.CC. The largest absolute Gasteiger partial charge is 0.449 e. The number of likely N-dealkylation sites (tertiary alicyclic amines) is 1. The van der Waals surface area contributed by atoms with Crippen LogP contribution in [0.15, 0.2) is 63.2 Å². The van der Waals surface area contributed by atoms with Crippen LogP contribution in [-0.2, 0) is 4.79 Å². The third-order valence-electron chi connectivity index (χ3n) is 7.77. The molecule has 246 valence electrons. The Kier molecular flexibility index (Phi) is 17.4. The summed E-state index contributed by atoms with van der Waals surface area (Å²) >= 11 is 0. The molecule has 0 bridgehead atoms. The number of hydrogen-bond acceptors (Lipinski definition) is 5. The van der Waals surface area contributed by atoms with Crippen molar-refractivity contribution in [3.63, 3.8) is 0 Å². The van der Waals surface area contributed by atoms with Gasteiger partial charge in [0.2, 0.25) is 0 Å². The molecule has 1 atom stereocenters. The number of piperidine rings is 1. The van der Waals surface area contributed by atoms with Crippen molar-refractivity contribution in [3.8, 4) is 12.0 Å². The Morgan fingerprint density at radius 3 is 2.38 bits per heavy atom. The van der Waals surface area contributed by atoms with Crippen LogP contribution >= 0.6 is 0 Å². The molecular weight excluding hydrogens is 560 g/mol. The minimum Gasteiger partial charge on any atom is -0.449 e. The van der Waals surface area contributed by atoms with Gasteiger partial charge in [-0.25, -0.2) is 0 Å². The lowest BCUT2D eigenvalue weighted by molar-refractivity contribution is -0.128. The number of furan rings is 1. The number of aliphatic imine (C=N–C) groups is 1. The molecule has 2 amide bonds. The van der Waals surface area contributed by atoms with Gasteiger partial charge in [0, 0.05) is 54.5 Å². The molecule has 1 saturated carbocycles. The monoisotopic (exact) mass is 616 g/mol. The number of rotatable bonds is 8. The zero-order valence-corrected chi connectivity index (χ0v) is 29.4. The standard InChI is InChI=1S/C28H33N3O3.C6H11N.2C2H6/c1-5-21(19(2)3)9-8-20(4)27(33)31-13-10-28(11-14-31)16-23(28)17-30-26(32)24-15-22-7-6-12-29-18-25(22)34-24;1-4-5-7-6(2)3;2*1-2/h7-9,15,18,23,29H,4-5,10-11,13-14,16-17H2,1-3H3,(H,30,32);4-5H,1-3H3;2*1-2H3/b9-8-;5-4-;;. The van der Waals surface area contributed by atoms with E-state index in [1.54, 1.807) is 24.5 Å². The van der Waals surface area contributed by atoms with E-state index in [9.17, 15) is 9.59 Å². The smallest absolute Gasteiger partial charge is 0.287 e. The average Bonchev–Trinajstić information content (AvgIpc) is 3.64. The van der Waals surface area contributed by atoms with E-state index >= 15 is 0 Å². The molecule has 2 aliphatic heterocycles. The fourth-order valence-electron chi connectivity index (χ4n) is 5.14. The number of amides is 2. The van der Waals surface area contributed by atoms with E-state index in [1.165, 1.54) is 11.1 Å². The maximum Gasteiger partial charge on any atom is 0.287 e. The van der Waals surface area contributed by atoms with Crippen LogP contribution < -0.4 is 21.3 Å². The lowest BCUT2D eigenvalue weighted by atomic mass is 9.90. The van der Waals surface area contributed by atoms with Gasteiger partial charge in [0.15, 0.2) is 11.2 Å². The van der Waals surface area contributed by atoms with Crippen LogP contribution in [0.2, 0.25) is 0 Å². The van der Waals surface area contributed by atoms with Crippen LogP contribution in [0.5, 0.6) is 0 Å². The van der Waals surface area contributed by atoms with Gasteiger partial charge in [0.05, 0.1) is 6.20 Å². The third-order valence-corrected chi connectivity index (χ3v) is 7.77. The van der Waals surface area contributed by atoms with Crippen molar-refractivity contribution in [3.05, 3.63) is 70.2 Å². The van der Waals surface area contributed by atoms with Crippen LogP contribution in [0, 0.1) is 23.3 Å². The van der Waals surface area contributed by atoms with Crippen molar-refractivity contribution in [2.24, 2.45) is 16.3 Å². The molecule has 1 aromatic heterocycles. The number of fused-ring (bicyclic) bond motifs is 1. The molecule has 7 heteroatoms. The van der Waals surface area contributed by atoms with Crippen molar-refractivity contribution in [2.45, 2.75) is 94.9 Å². The summed E-state index contributed by atoms with van der Waals surface area (Å²) in [6.07, 6.45) is 14.9. The van der Waals surface area contributed by atoms with Gasteiger partial charge < -0.3 is 20.0 Å². The number of carbonyl (C=O) groups is 2. The second kappa shape index (κ2) is 20.1. The fourth-order valence-corrected chi connectivity index (χ4v) is 5.14. The van der Waals surface area contributed by atoms with Crippen molar-refractivity contribution >= 4 is 29.8 Å². The summed E-state index contributed by atoms with van der Waals surface area (Å²) in [5.41, 5.74) is 4.95. The van der Waals surface area contributed by atoms with E-state index in [1.807, 2.05) is 71.6 Å². The molecule has 7 nitrogen and oxygen atoms in total. The van der Waals surface area contributed by atoms with Crippen LogP contribution in [-0.4, -0.2) is 42.1 Å². The highest BCUT2D eigenvalue weighted by Gasteiger charge is 2.54. The molecule has 4 rings (SSSR count). The van der Waals surface area contributed by atoms with Crippen molar-refractivity contribution in [1.29, 1.82) is 0 Å². The molecule has 0 radical (unpaired) electrons. The topological polar surface area (TPSA) is 86.9 Å². The first-order valence-electron chi connectivity index (χ1n) is 16.4. The Balaban J connectivity index is 0.000000803. The van der Waals surface area contributed by atoms with Crippen molar-refractivity contribution in [2.75, 3.05) is 19.6 Å². The van der Waals surface area contributed by atoms with E-state index in [0.717, 1.165) is 49.7 Å². The summed E-state index contributed by atoms with van der Waals surface area (Å²) in [4.78, 5) is 31.3. The maximum absolute atomic E-state index is 12.8. The van der Waals surface area contributed by atoms with E-state index in [0.29, 0.717) is 29.2 Å². The van der Waals surface area contributed by atoms with E-state index in [4.69, 9.17) is 4.42 Å². The summed E-state index contributed by atoms with van der Waals surface area (Å²) in [6.45, 7) is 26.3. The molecular formula is C38H56N4O3. The summed E-state index contributed by atoms with van der Waals surface area (Å²) in [7, 11) is 0. The zero-order valence-electron chi connectivity index (χ0n) is 29.4. The highest BCUT2D eigenvalue weighted by molar-refractivity contribution is 5.95. The lowest BCUT2D eigenvalue weighted by Crippen LogP contribution is -2.40. The number of allylic oxidation sites excluding steroid dienone is 4. The van der Waals surface area contributed by atoms with Gasteiger partial charge >= 0.3 is 0 Å². The first kappa shape index (κ1) is 39.0. The molecule has 1 unspecified atom stereocenters. The molecule has 2 N–H and O–H groups in total. The Bertz CT molecular complexity index is 1440. The van der Waals surface area contributed by atoms with E-state index in [-0.39, 0.29) is 17.2 Å². The highest BCUT2D eigenvalue weighted by Crippen LogP contribution is 2.59. The highest BCUT2D eigenvalue weighted by atomic mass is 16.3. The Morgan fingerprint density at radius 1 is 1.16 bits per heavy atom. The Morgan fingerprint density at radius 2 is 1.82 bits per heavy atom. The molecule has 45 heavy (non-hydrogen) atoms. The minimum atomic E-state index is -0.205. The molecule has 1 saturated heterocycles. The number of nitrogens with one attached hydrogen (secondary N) is 2. The second-order valence-corrected chi connectivity index (χ2v) is 11.2. The van der Waals surface area contributed by atoms with Gasteiger partial charge in [-0.15, -0.1) is 0 Å². The molecule has 1 aliphatic carbocycles. The average molecular weight is 617 g/mol. The van der Waals surface area contributed by atoms with Gasteiger partial charge in [0.1, 0.15) is 0 Å². The van der Waals surface area contributed by atoms with Crippen molar-refractivity contribution < 1.29 is 14.0 Å². The third kappa shape index (κ3) is 12.1. The number of nitrogens with zero attached hydrogens (tertiary/aromatic N) is 2. The molecule has 3 aliphatic rings. The van der Waals surface area contributed by atoms with Crippen LogP contribution in [0.25, 0.3) is 12.3 Å². The van der Waals surface area contributed by atoms with Gasteiger partial charge in [-0.05, 0) is 89.4 Å². The first-order chi connectivity index (χ1) is 21.6. The molecule has 1 aromatic rings. The fraction of sp³-hybridized carbons (Fsp3) is 0.500. The lowest BCUT2D eigenvalue weighted by Gasteiger charge is -2.33. The van der Waals surface area contributed by atoms with E-state index in [2.05, 4.69) is 54.9 Å². The van der Waals surface area contributed by atoms with Crippen LogP contribution in [0.1, 0.15) is 105 Å². The van der Waals surface area contributed by atoms with Crippen molar-refractivity contribution in [1.82, 2.24) is 15.5 Å². The van der Waals surface area contributed by atoms with Crippen LogP contribution in [0.4, 0.5) is 0 Å². The minimum absolute atomic E-state index is 0.0196. The van der Waals surface area contributed by atoms with Gasteiger partial charge in [-0.1, -0.05) is 64.8 Å². The Hall–Kier alpha value is -4.05. The molecule has 2 fully saturated rings. The summed E-state index contributed by atoms with van der Waals surface area (Å²) in [5.74, 6) is 3.40. The molecule has 3 heterocycles. The maximum atomic E-state index is 12.8. The Labute approximate surface area is 272 Å². The zero-order chi connectivity index (χ0) is 34.0. The predicted octanol–water partition coefficient (Wildman–Crippen LogP) is 6.63. The number of hydrogen-bond donors (Lipinski definition) is 2. The summed E-state index contributed by atoms with van der Waals surface area (Å²) < 4.78 is 5.65. The molecule has 0 aromatic carbocycles. The van der Waals surface area contributed by atoms with Gasteiger partial charge in [0.25, 0.3) is 11.8 Å². The predicted molar refractivity (Wildman–Crippen MR) is 190 cm³/mol. The summed E-state index contributed by atoms with van der Waals surface area (Å²) in [5, 5.41) is 6.63. The van der Waals surface area contributed by atoms with E-state index < -0.39 is 0 Å². The van der Waals surface area contributed by atoms with Crippen LogP contribution in [0.3, 0.4) is 0 Å². The second-order valence-electron chi connectivity index (χ2n) is 11.2. The summed E-state index contributed by atoms with van der Waals surface area (Å²) in [6, 6.07) is 4.46. The van der Waals surface area contributed by atoms with Gasteiger partial charge in [-0.3, -0.25) is 14.6 Å². The first-order valence-corrected chi connectivity index (χ1v) is 16.4. The quantitative estimate of drug-likeness (QED) is 0.149. The normalized spacial score (nSPS) is 16.5. The number of carbonyl (C=O) groups excluding carboxylic acids is 2. The van der Waals surface area contributed by atoms with Gasteiger partial charge in [-0.2, -0.15) is 0 Å². The molecule has 1 spiro atoms.